The number of aryl methyl sites for hydroxylation is 3. The molecule has 1 aliphatic rings. The van der Waals surface area contributed by atoms with E-state index in [9.17, 15) is 9.18 Å². The van der Waals surface area contributed by atoms with Crippen molar-refractivity contribution in [3.63, 3.8) is 0 Å². The predicted molar refractivity (Wildman–Crippen MR) is 101 cm³/mol. The molecule has 0 bridgehead atoms. The Labute approximate surface area is 152 Å². The lowest BCUT2D eigenvalue weighted by molar-refractivity contribution is -0.118. The lowest BCUT2D eigenvalue weighted by Gasteiger charge is -2.35. The zero-order valence-corrected chi connectivity index (χ0v) is 15.3. The van der Waals surface area contributed by atoms with Crippen LogP contribution < -0.4 is 4.90 Å². The standard InChI is InChI=1S/C22H22FNO2/c1-13-8-14(2)22-17(12-26-20(22)9-13)11-21(25)24-15(3)4-5-16-10-18(23)6-7-19(16)24/h6-10,12,15H,4-5,11H2,1-3H3/t15-/m0/s1. The normalized spacial score (nSPS) is 16.8. The number of carbonyl (C=O) groups excluding carboxylic acids is 1. The van der Waals surface area contributed by atoms with E-state index in [2.05, 4.69) is 6.07 Å². The molecule has 0 radical (unpaired) electrons. The maximum absolute atomic E-state index is 13.6. The van der Waals surface area contributed by atoms with Crippen molar-refractivity contribution in [2.24, 2.45) is 0 Å². The minimum atomic E-state index is -0.252. The number of amides is 1. The molecule has 2 heterocycles. The Morgan fingerprint density at radius 2 is 2.08 bits per heavy atom. The van der Waals surface area contributed by atoms with Gasteiger partial charge >= 0.3 is 0 Å². The number of fused-ring (bicyclic) bond motifs is 2. The van der Waals surface area contributed by atoms with E-state index in [-0.39, 0.29) is 24.2 Å². The van der Waals surface area contributed by atoms with E-state index in [1.807, 2.05) is 31.7 Å². The van der Waals surface area contributed by atoms with Gasteiger partial charge in [-0.05, 0) is 74.6 Å². The van der Waals surface area contributed by atoms with Crippen LogP contribution in [0.25, 0.3) is 11.0 Å². The van der Waals surface area contributed by atoms with E-state index in [0.29, 0.717) is 0 Å². The molecule has 0 saturated carbocycles. The molecule has 0 N–H and O–H groups in total. The van der Waals surface area contributed by atoms with Crippen LogP contribution in [0.1, 0.15) is 35.6 Å². The Morgan fingerprint density at radius 1 is 1.27 bits per heavy atom. The molecule has 4 heteroatoms. The summed E-state index contributed by atoms with van der Waals surface area (Å²) in [5, 5.41) is 1.02. The molecule has 0 spiro atoms. The number of rotatable bonds is 2. The Bertz CT molecular complexity index is 1000. The molecule has 1 atom stereocenters. The van der Waals surface area contributed by atoms with Crippen LogP contribution in [0.15, 0.2) is 41.0 Å². The smallest absolute Gasteiger partial charge is 0.231 e. The van der Waals surface area contributed by atoms with Gasteiger partial charge in [0.25, 0.3) is 0 Å². The minimum absolute atomic E-state index is 0.0210. The number of hydrogen-bond acceptors (Lipinski definition) is 2. The number of hydrogen-bond donors (Lipinski definition) is 0. The average molecular weight is 351 g/mol. The van der Waals surface area contributed by atoms with Crippen LogP contribution in [0.5, 0.6) is 0 Å². The van der Waals surface area contributed by atoms with E-state index in [1.165, 1.54) is 6.07 Å². The van der Waals surface area contributed by atoms with Gasteiger partial charge in [0.15, 0.2) is 0 Å². The molecule has 0 unspecified atom stereocenters. The summed E-state index contributed by atoms with van der Waals surface area (Å²) in [6.07, 6.45) is 3.60. The van der Waals surface area contributed by atoms with Crippen molar-refractivity contribution < 1.29 is 13.6 Å². The van der Waals surface area contributed by atoms with E-state index in [0.717, 1.165) is 51.8 Å². The van der Waals surface area contributed by atoms with Gasteiger partial charge in [-0.3, -0.25) is 4.79 Å². The molecule has 1 amide bonds. The third kappa shape index (κ3) is 2.79. The summed E-state index contributed by atoms with van der Waals surface area (Å²) in [5.74, 6) is -0.231. The van der Waals surface area contributed by atoms with Crippen molar-refractivity contribution in [1.29, 1.82) is 0 Å². The number of benzene rings is 2. The maximum atomic E-state index is 13.6. The van der Waals surface area contributed by atoms with Gasteiger partial charge < -0.3 is 9.32 Å². The second-order valence-corrected chi connectivity index (χ2v) is 7.32. The zero-order valence-electron chi connectivity index (χ0n) is 15.3. The van der Waals surface area contributed by atoms with Crippen molar-refractivity contribution in [2.45, 2.75) is 46.1 Å². The molecular formula is C22H22FNO2. The number of anilines is 1. The topological polar surface area (TPSA) is 33.5 Å². The van der Waals surface area contributed by atoms with E-state index in [1.54, 1.807) is 18.4 Å². The SMILES string of the molecule is Cc1cc(C)c2c(CC(=O)N3c4ccc(F)cc4CC[C@@H]3C)coc2c1. The maximum Gasteiger partial charge on any atom is 0.231 e. The summed E-state index contributed by atoms with van der Waals surface area (Å²) in [4.78, 5) is 15.0. The van der Waals surface area contributed by atoms with Crippen LogP contribution in [-0.2, 0) is 17.6 Å². The van der Waals surface area contributed by atoms with Gasteiger partial charge in [0.1, 0.15) is 11.4 Å². The van der Waals surface area contributed by atoms with Crippen LogP contribution in [-0.4, -0.2) is 11.9 Å². The fourth-order valence-electron chi connectivity index (χ4n) is 4.11. The first kappa shape index (κ1) is 16.8. The Balaban J connectivity index is 1.69. The van der Waals surface area contributed by atoms with E-state index < -0.39 is 0 Å². The highest BCUT2D eigenvalue weighted by atomic mass is 19.1. The summed E-state index contributed by atoms with van der Waals surface area (Å²) in [6, 6.07) is 8.90. The second-order valence-electron chi connectivity index (χ2n) is 7.32. The molecule has 3 nitrogen and oxygen atoms in total. The molecule has 1 aromatic heterocycles. The molecule has 26 heavy (non-hydrogen) atoms. The molecule has 4 rings (SSSR count). The summed E-state index contributed by atoms with van der Waals surface area (Å²) >= 11 is 0. The average Bonchev–Trinajstić information content (AvgIpc) is 2.97. The van der Waals surface area contributed by atoms with Gasteiger partial charge in [-0.25, -0.2) is 4.39 Å². The number of carbonyl (C=O) groups is 1. The molecule has 0 fully saturated rings. The summed E-state index contributed by atoms with van der Waals surface area (Å²) in [5.41, 5.74) is 5.72. The summed E-state index contributed by atoms with van der Waals surface area (Å²) in [6.45, 7) is 6.12. The quantitative estimate of drug-likeness (QED) is 0.644. The van der Waals surface area contributed by atoms with Gasteiger partial charge in [0.05, 0.1) is 12.7 Å². The monoisotopic (exact) mass is 351 g/mol. The van der Waals surface area contributed by atoms with Gasteiger partial charge in [0.2, 0.25) is 5.91 Å². The van der Waals surface area contributed by atoms with Gasteiger partial charge in [-0.2, -0.15) is 0 Å². The van der Waals surface area contributed by atoms with Crippen LogP contribution in [0.3, 0.4) is 0 Å². The second kappa shape index (κ2) is 6.27. The first-order valence-electron chi connectivity index (χ1n) is 9.02. The van der Waals surface area contributed by atoms with Crippen molar-refractivity contribution in [2.75, 3.05) is 4.90 Å². The van der Waals surface area contributed by atoms with Gasteiger partial charge in [0, 0.05) is 22.7 Å². The number of furan rings is 1. The first-order chi connectivity index (χ1) is 12.4. The predicted octanol–water partition coefficient (Wildman–Crippen LogP) is 5.10. The molecule has 0 saturated heterocycles. The summed E-state index contributed by atoms with van der Waals surface area (Å²) in [7, 11) is 0. The molecule has 0 aliphatic carbocycles. The minimum Gasteiger partial charge on any atom is -0.464 e. The van der Waals surface area contributed by atoms with Crippen molar-refractivity contribution in [1.82, 2.24) is 0 Å². The van der Waals surface area contributed by atoms with Crippen LogP contribution in [0.4, 0.5) is 10.1 Å². The van der Waals surface area contributed by atoms with Gasteiger partial charge in [-0.15, -0.1) is 0 Å². The molecule has 3 aromatic rings. The molecule has 2 aromatic carbocycles. The Morgan fingerprint density at radius 3 is 2.88 bits per heavy atom. The third-order valence-electron chi connectivity index (χ3n) is 5.28. The Hall–Kier alpha value is -2.62. The highest BCUT2D eigenvalue weighted by Gasteiger charge is 2.29. The molecule has 1 aliphatic heterocycles. The largest absolute Gasteiger partial charge is 0.464 e. The fraction of sp³-hybridized carbons (Fsp3) is 0.318. The van der Waals surface area contributed by atoms with E-state index >= 15 is 0 Å². The lowest BCUT2D eigenvalue weighted by Crippen LogP contribution is -2.43. The van der Waals surface area contributed by atoms with Crippen molar-refractivity contribution in [3.8, 4) is 0 Å². The zero-order chi connectivity index (χ0) is 18.4. The first-order valence-corrected chi connectivity index (χ1v) is 9.02. The lowest BCUT2D eigenvalue weighted by atomic mass is 9.95. The highest BCUT2D eigenvalue weighted by molar-refractivity contribution is 5.99. The summed E-state index contributed by atoms with van der Waals surface area (Å²) < 4.78 is 19.3. The Kier molecular flexibility index (Phi) is 4.06. The number of nitrogens with zero attached hydrogens (tertiary/aromatic N) is 1. The third-order valence-corrected chi connectivity index (χ3v) is 5.28. The number of halogens is 1. The van der Waals surface area contributed by atoms with Crippen LogP contribution in [0.2, 0.25) is 0 Å². The highest BCUT2D eigenvalue weighted by Crippen LogP contribution is 2.33. The molecule has 134 valence electrons. The van der Waals surface area contributed by atoms with Gasteiger partial charge in [-0.1, -0.05) is 6.07 Å². The van der Waals surface area contributed by atoms with Crippen molar-refractivity contribution in [3.05, 3.63) is 64.7 Å². The van der Waals surface area contributed by atoms with Crippen molar-refractivity contribution >= 4 is 22.6 Å². The van der Waals surface area contributed by atoms with E-state index in [4.69, 9.17) is 4.42 Å². The fourth-order valence-corrected chi connectivity index (χ4v) is 4.11. The van der Waals surface area contributed by atoms with Crippen LogP contribution >= 0.6 is 0 Å². The van der Waals surface area contributed by atoms with Crippen LogP contribution in [0, 0.1) is 19.7 Å². The molecular weight excluding hydrogens is 329 g/mol.